The summed E-state index contributed by atoms with van der Waals surface area (Å²) in [6.45, 7) is 0. The maximum Gasteiger partial charge on any atom is 0.258 e. The molecular formula is C9H9BrN2OS. The zero-order valence-electron chi connectivity index (χ0n) is 7.49. The van der Waals surface area contributed by atoms with Crippen molar-refractivity contribution in [1.82, 2.24) is 9.55 Å². The van der Waals surface area contributed by atoms with Gasteiger partial charge in [-0.05, 0) is 22.0 Å². The first-order chi connectivity index (χ1) is 6.20. The fourth-order valence-electron chi connectivity index (χ4n) is 1.26. The lowest BCUT2D eigenvalue weighted by Crippen LogP contribution is -2.16. The van der Waals surface area contributed by atoms with E-state index in [0.29, 0.717) is 5.39 Å². The van der Waals surface area contributed by atoms with Gasteiger partial charge in [0.2, 0.25) is 0 Å². The normalized spacial score (nSPS) is 9.86. The summed E-state index contributed by atoms with van der Waals surface area (Å²) in [4.78, 5) is 15.6. The van der Waals surface area contributed by atoms with Crippen LogP contribution in [-0.2, 0) is 7.05 Å². The highest BCUT2D eigenvalue weighted by atomic mass is 79.9. The van der Waals surface area contributed by atoms with E-state index in [-0.39, 0.29) is 19.1 Å². The summed E-state index contributed by atoms with van der Waals surface area (Å²) in [6.07, 6.45) is 5.04. The molecule has 0 atom stereocenters. The number of aryl methyl sites for hydroxylation is 1. The Labute approximate surface area is 96.3 Å². The lowest BCUT2D eigenvalue weighted by Gasteiger charge is -2.02. The second kappa shape index (κ2) is 4.14. The van der Waals surface area contributed by atoms with Crippen LogP contribution in [0.4, 0.5) is 0 Å². The predicted molar refractivity (Wildman–Crippen MR) is 65.1 cm³/mol. The van der Waals surface area contributed by atoms with E-state index in [1.54, 1.807) is 36.3 Å². The Hall–Kier alpha value is -0.810. The summed E-state index contributed by atoms with van der Waals surface area (Å²) < 4.78 is 2.43. The van der Waals surface area contributed by atoms with Crippen LogP contribution >= 0.6 is 29.4 Å². The molecule has 0 aromatic carbocycles. The van der Waals surface area contributed by atoms with Crippen LogP contribution in [0.15, 0.2) is 33.9 Å². The second-order valence-electron chi connectivity index (χ2n) is 2.81. The first kappa shape index (κ1) is 11.3. The minimum Gasteiger partial charge on any atom is -0.317 e. The number of pyridine rings is 2. The smallest absolute Gasteiger partial charge is 0.258 e. The van der Waals surface area contributed by atoms with E-state index in [2.05, 4.69) is 20.9 Å². The van der Waals surface area contributed by atoms with E-state index in [0.717, 1.165) is 9.86 Å². The van der Waals surface area contributed by atoms with Gasteiger partial charge in [0.1, 0.15) is 0 Å². The molecule has 0 N–H and O–H groups in total. The van der Waals surface area contributed by atoms with Crippen LogP contribution in [0, 0.1) is 0 Å². The van der Waals surface area contributed by atoms with E-state index in [1.165, 1.54) is 0 Å². The maximum atomic E-state index is 11.6. The molecule has 0 spiro atoms. The molecule has 0 aliphatic rings. The zero-order valence-corrected chi connectivity index (χ0v) is 10.1. The molecule has 0 aliphatic heterocycles. The van der Waals surface area contributed by atoms with E-state index >= 15 is 0 Å². The number of hydrogen-bond donors (Lipinski definition) is 0. The Morgan fingerprint density at radius 1 is 1.43 bits per heavy atom. The zero-order chi connectivity index (χ0) is 9.42. The summed E-state index contributed by atoms with van der Waals surface area (Å²) in [6, 6.07) is 1.72. The van der Waals surface area contributed by atoms with E-state index in [1.807, 2.05) is 0 Å². The van der Waals surface area contributed by atoms with Crippen molar-refractivity contribution in [2.45, 2.75) is 0 Å². The first-order valence-electron chi connectivity index (χ1n) is 3.79. The molecule has 0 fully saturated rings. The molecule has 0 bridgehead atoms. The number of nitrogens with zero attached hydrogens (tertiary/aromatic N) is 2. The first-order valence-corrected chi connectivity index (χ1v) is 4.58. The highest BCUT2D eigenvalue weighted by Gasteiger charge is 2.03. The third kappa shape index (κ3) is 1.69. The molecule has 0 saturated heterocycles. The Kier molecular flexibility index (Phi) is 3.34. The fraction of sp³-hybridized carbons (Fsp3) is 0.111. The molecule has 3 nitrogen and oxygen atoms in total. The summed E-state index contributed by atoms with van der Waals surface area (Å²) in [5, 5.41) is 1.54. The number of fused-ring (bicyclic) bond motifs is 1. The molecule has 2 aromatic rings. The Bertz CT molecular complexity index is 524. The number of hydrogen-bond acceptors (Lipinski definition) is 2. The molecule has 74 valence electrons. The standard InChI is InChI=1S/C9H7BrN2O.H2S/c1-12-5-8(10)7-4-11-3-2-6(7)9(12)13;/h2-5H,1H3;1H2. The fourth-order valence-corrected chi connectivity index (χ4v) is 1.88. The molecule has 0 aliphatic carbocycles. The van der Waals surface area contributed by atoms with Gasteiger partial charge < -0.3 is 4.57 Å². The van der Waals surface area contributed by atoms with Crippen molar-refractivity contribution in [2.24, 2.45) is 7.05 Å². The molecular weight excluding hydrogens is 264 g/mol. The minimum atomic E-state index is 0. The van der Waals surface area contributed by atoms with Crippen molar-refractivity contribution in [3.8, 4) is 0 Å². The van der Waals surface area contributed by atoms with Crippen molar-refractivity contribution >= 4 is 40.2 Å². The molecule has 0 saturated carbocycles. The summed E-state index contributed by atoms with van der Waals surface area (Å²) >= 11 is 3.38. The minimum absolute atomic E-state index is 0. The van der Waals surface area contributed by atoms with E-state index < -0.39 is 0 Å². The predicted octanol–water partition coefficient (Wildman–Crippen LogP) is 1.81. The average Bonchev–Trinajstić information content (AvgIpc) is 2.15. The van der Waals surface area contributed by atoms with E-state index in [9.17, 15) is 4.79 Å². The van der Waals surface area contributed by atoms with Gasteiger partial charge in [0, 0.05) is 35.5 Å². The lowest BCUT2D eigenvalue weighted by molar-refractivity contribution is 0.868. The van der Waals surface area contributed by atoms with Crippen LogP contribution in [-0.4, -0.2) is 9.55 Å². The molecule has 2 aromatic heterocycles. The van der Waals surface area contributed by atoms with Crippen LogP contribution in [0.2, 0.25) is 0 Å². The molecule has 2 rings (SSSR count). The van der Waals surface area contributed by atoms with Gasteiger partial charge in [0.15, 0.2) is 0 Å². The highest BCUT2D eigenvalue weighted by molar-refractivity contribution is 9.10. The third-order valence-electron chi connectivity index (χ3n) is 1.94. The van der Waals surface area contributed by atoms with Crippen LogP contribution in [0.25, 0.3) is 10.8 Å². The molecule has 5 heteroatoms. The van der Waals surface area contributed by atoms with Crippen molar-refractivity contribution in [3.63, 3.8) is 0 Å². The van der Waals surface area contributed by atoms with Gasteiger partial charge in [-0.25, -0.2) is 0 Å². The Balaban J connectivity index is 0.000000980. The summed E-state index contributed by atoms with van der Waals surface area (Å²) in [7, 11) is 1.73. The molecule has 0 amide bonds. The lowest BCUT2D eigenvalue weighted by atomic mass is 10.2. The van der Waals surface area contributed by atoms with Gasteiger partial charge in [0.25, 0.3) is 5.56 Å². The SMILES string of the molecule is Cn1cc(Br)c2cnccc2c1=O.S. The van der Waals surface area contributed by atoms with Gasteiger partial charge in [-0.1, -0.05) is 0 Å². The number of rotatable bonds is 0. The third-order valence-corrected chi connectivity index (χ3v) is 2.57. The van der Waals surface area contributed by atoms with Gasteiger partial charge in [-0.15, -0.1) is 0 Å². The van der Waals surface area contributed by atoms with Crippen LogP contribution in [0.1, 0.15) is 0 Å². The summed E-state index contributed by atoms with van der Waals surface area (Å²) in [5.74, 6) is 0. The molecule has 14 heavy (non-hydrogen) atoms. The van der Waals surface area contributed by atoms with Crippen LogP contribution in [0.5, 0.6) is 0 Å². The second-order valence-corrected chi connectivity index (χ2v) is 3.67. The van der Waals surface area contributed by atoms with Crippen molar-refractivity contribution in [3.05, 3.63) is 39.5 Å². The average molecular weight is 273 g/mol. The molecule has 0 radical (unpaired) electrons. The quantitative estimate of drug-likeness (QED) is 0.733. The Morgan fingerprint density at radius 2 is 2.14 bits per heavy atom. The van der Waals surface area contributed by atoms with E-state index in [4.69, 9.17) is 0 Å². The van der Waals surface area contributed by atoms with Gasteiger partial charge >= 0.3 is 0 Å². The molecule has 0 unspecified atom stereocenters. The van der Waals surface area contributed by atoms with Crippen LogP contribution < -0.4 is 5.56 Å². The largest absolute Gasteiger partial charge is 0.317 e. The number of halogens is 1. The Morgan fingerprint density at radius 3 is 2.86 bits per heavy atom. The van der Waals surface area contributed by atoms with Crippen molar-refractivity contribution in [2.75, 3.05) is 0 Å². The monoisotopic (exact) mass is 272 g/mol. The summed E-state index contributed by atoms with van der Waals surface area (Å²) in [5.41, 5.74) is 0.000556. The van der Waals surface area contributed by atoms with Gasteiger partial charge in [-0.3, -0.25) is 9.78 Å². The topological polar surface area (TPSA) is 34.9 Å². The van der Waals surface area contributed by atoms with Gasteiger partial charge in [-0.2, -0.15) is 13.5 Å². The van der Waals surface area contributed by atoms with Crippen LogP contribution in [0.3, 0.4) is 0 Å². The van der Waals surface area contributed by atoms with Gasteiger partial charge in [0.05, 0.1) is 5.39 Å². The highest BCUT2D eigenvalue weighted by Crippen LogP contribution is 2.18. The molecule has 2 heterocycles. The maximum absolute atomic E-state index is 11.6. The van der Waals surface area contributed by atoms with Crippen molar-refractivity contribution < 1.29 is 0 Å². The van der Waals surface area contributed by atoms with Crippen molar-refractivity contribution in [1.29, 1.82) is 0 Å². The number of aromatic nitrogens is 2.